The molecule has 3 nitrogen and oxygen atoms in total. The van der Waals surface area contributed by atoms with Gasteiger partial charge in [-0.3, -0.25) is 0 Å². The number of para-hydroxylation sites is 3. The van der Waals surface area contributed by atoms with Gasteiger partial charge in [-0.15, -0.1) is 0 Å². The van der Waals surface area contributed by atoms with E-state index in [4.69, 9.17) is 9.47 Å². The molecule has 1 aliphatic heterocycles. The minimum absolute atomic E-state index is 0.674. The second kappa shape index (κ2) is 13.6. The van der Waals surface area contributed by atoms with Crippen molar-refractivity contribution in [3.63, 3.8) is 0 Å². The molecule has 0 bridgehead atoms. The number of ether oxygens (including phenoxy) is 2. The molecule has 0 saturated carbocycles. The van der Waals surface area contributed by atoms with Gasteiger partial charge in [0.1, 0.15) is 0 Å². The van der Waals surface area contributed by atoms with Gasteiger partial charge in [-0.25, -0.2) is 0 Å². The van der Waals surface area contributed by atoms with E-state index in [1.807, 2.05) is 24.3 Å². The Bertz CT molecular complexity index is 3270. The van der Waals surface area contributed by atoms with Crippen LogP contribution in [0.1, 0.15) is 22.3 Å². The van der Waals surface area contributed by atoms with Crippen molar-refractivity contribution in [3.05, 3.63) is 247 Å². The van der Waals surface area contributed by atoms with Crippen LogP contribution in [0.3, 0.4) is 0 Å². The highest BCUT2D eigenvalue weighted by atomic mass is 16.6. The largest absolute Gasteiger partial charge is 0.449 e. The molecule has 0 spiro atoms. The number of anilines is 3. The maximum absolute atomic E-state index is 6.81. The monoisotopic (exact) mass is 767 g/mol. The molecule has 0 amide bonds. The van der Waals surface area contributed by atoms with Gasteiger partial charge in [0.15, 0.2) is 23.0 Å². The van der Waals surface area contributed by atoms with E-state index in [0.717, 1.165) is 50.8 Å². The molecular weight excluding hydrogens is 731 g/mol. The topological polar surface area (TPSA) is 21.7 Å². The van der Waals surface area contributed by atoms with E-state index in [0.29, 0.717) is 11.5 Å². The third-order valence-electron chi connectivity index (χ3n) is 12.4. The van der Waals surface area contributed by atoms with Crippen LogP contribution in [-0.4, -0.2) is 0 Å². The molecule has 0 saturated heterocycles. The van der Waals surface area contributed by atoms with Gasteiger partial charge in [0, 0.05) is 22.6 Å². The summed E-state index contributed by atoms with van der Waals surface area (Å²) in [5.74, 6) is 2.90. The van der Waals surface area contributed by atoms with Gasteiger partial charge in [-0.1, -0.05) is 164 Å². The van der Waals surface area contributed by atoms with E-state index >= 15 is 0 Å². The smallest absolute Gasteiger partial charge is 0.178 e. The van der Waals surface area contributed by atoms with E-state index < -0.39 is 5.41 Å². The summed E-state index contributed by atoms with van der Waals surface area (Å²) in [5.41, 5.74) is 11.8. The van der Waals surface area contributed by atoms with Gasteiger partial charge >= 0.3 is 0 Å². The van der Waals surface area contributed by atoms with Crippen molar-refractivity contribution < 1.29 is 9.47 Å². The molecule has 0 N–H and O–H groups in total. The van der Waals surface area contributed by atoms with Crippen molar-refractivity contribution in [1.29, 1.82) is 0 Å². The highest BCUT2D eigenvalue weighted by molar-refractivity contribution is 6.08. The minimum atomic E-state index is -0.674. The Morgan fingerprint density at radius 2 is 1.00 bits per heavy atom. The fourth-order valence-corrected chi connectivity index (χ4v) is 9.72. The maximum atomic E-state index is 6.81. The predicted molar refractivity (Wildman–Crippen MR) is 245 cm³/mol. The Morgan fingerprint density at radius 3 is 1.85 bits per heavy atom. The Hall–Kier alpha value is -7.88. The molecule has 282 valence electrons. The lowest BCUT2D eigenvalue weighted by atomic mass is 9.67. The van der Waals surface area contributed by atoms with Gasteiger partial charge in [-0.2, -0.15) is 0 Å². The summed E-state index contributed by atoms with van der Waals surface area (Å²) in [6, 6.07) is 80.5. The van der Waals surface area contributed by atoms with Crippen LogP contribution in [0.15, 0.2) is 224 Å². The molecule has 1 atom stereocenters. The normalized spacial score (nSPS) is 14.7. The van der Waals surface area contributed by atoms with Crippen LogP contribution in [0.4, 0.5) is 17.1 Å². The van der Waals surface area contributed by atoms with Crippen LogP contribution >= 0.6 is 0 Å². The molecule has 1 aliphatic carbocycles. The molecule has 0 aromatic heterocycles. The van der Waals surface area contributed by atoms with E-state index in [1.54, 1.807) is 0 Å². The zero-order chi connectivity index (χ0) is 39.6. The molecule has 0 fully saturated rings. The fraction of sp³-hybridized carbons (Fsp3) is 0.0175. The summed E-state index contributed by atoms with van der Waals surface area (Å²) >= 11 is 0. The van der Waals surface area contributed by atoms with E-state index in [-0.39, 0.29) is 0 Å². The Labute approximate surface area is 349 Å². The summed E-state index contributed by atoms with van der Waals surface area (Å²) in [5, 5.41) is 4.96. The van der Waals surface area contributed by atoms with Crippen LogP contribution in [0.25, 0.3) is 43.8 Å². The van der Waals surface area contributed by atoms with Crippen molar-refractivity contribution in [2.24, 2.45) is 0 Å². The second-order valence-electron chi connectivity index (χ2n) is 15.6. The summed E-state index contributed by atoms with van der Waals surface area (Å²) in [7, 11) is 0. The van der Waals surface area contributed by atoms with Crippen LogP contribution in [-0.2, 0) is 5.41 Å². The van der Waals surface area contributed by atoms with Crippen molar-refractivity contribution in [2.75, 3.05) is 4.90 Å². The first-order chi connectivity index (χ1) is 29.7. The Kier molecular flexibility index (Phi) is 7.76. The van der Waals surface area contributed by atoms with Crippen molar-refractivity contribution in [1.82, 2.24) is 0 Å². The number of hydrogen-bond donors (Lipinski definition) is 0. The van der Waals surface area contributed by atoms with Gasteiger partial charge in [0.2, 0.25) is 0 Å². The first kappa shape index (κ1) is 34.2. The minimum Gasteiger partial charge on any atom is -0.449 e. The van der Waals surface area contributed by atoms with E-state index in [2.05, 4.69) is 205 Å². The molecular formula is C57H37NO2. The summed E-state index contributed by atoms with van der Waals surface area (Å²) in [4.78, 5) is 2.36. The summed E-state index contributed by atoms with van der Waals surface area (Å²) < 4.78 is 13.3. The average Bonchev–Trinajstić information content (AvgIpc) is 3.63. The summed E-state index contributed by atoms with van der Waals surface area (Å²) in [6.45, 7) is 0. The zero-order valence-corrected chi connectivity index (χ0v) is 32.6. The van der Waals surface area contributed by atoms with Crippen molar-refractivity contribution in [3.8, 4) is 45.3 Å². The Balaban J connectivity index is 1.07. The molecule has 0 radical (unpaired) electrons. The summed E-state index contributed by atoms with van der Waals surface area (Å²) in [6.07, 6.45) is 0. The molecule has 10 aromatic carbocycles. The average molecular weight is 768 g/mol. The molecule has 10 aromatic rings. The molecule has 1 unspecified atom stereocenters. The standard InChI is InChI=1S/C57H37NO2/c1-3-14-38(15-4-1)40-17-13-18-43(36-40)57(50-23-10-9-22-49(50)55-51(57)34-35-54-56(55)60-53-25-12-11-24-52(53)59-54)42-28-30-45(31-29-42)58(44-19-5-2-6-20-44)46-32-33-48-41(37-46)27-26-39-16-7-8-21-47(39)48/h1-37H. The third kappa shape index (κ3) is 5.23. The second-order valence-corrected chi connectivity index (χ2v) is 15.6. The van der Waals surface area contributed by atoms with Crippen molar-refractivity contribution in [2.45, 2.75) is 5.41 Å². The number of benzene rings is 10. The predicted octanol–water partition coefficient (Wildman–Crippen LogP) is 15.4. The van der Waals surface area contributed by atoms with Gasteiger partial charge in [0.25, 0.3) is 0 Å². The lowest BCUT2D eigenvalue weighted by Gasteiger charge is -2.35. The zero-order valence-electron chi connectivity index (χ0n) is 32.6. The number of nitrogens with zero attached hydrogens (tertiary/aromatic N) is 1. The van der Waals surface area contributed by atoms with Gasteiger partial charge in [0.05, 0.1) is 5.41 Å². The van der Waals surface area contributed by atoms with E-state index in [1.165, 1.54) is 43.8 Å². The van der Waals surface area contributed by atoms with Crippen LogP contribution in [0, 0.1) is 0 Å². The first-order valence-corrected chi connectivity index (χ1v) is 20.5. The van der Waals surface area contributed by atoms with Crippen LogP contribution in [0.5, 0.6) is 23.0 Å². The molecule has 12 rings (SSSR count). The number of rotatable bonds is 6. The molecule has 2 aliphatic rings. The maximum Gasteiger partial charge on any atom is 0.178 e. The number of fused-ring (bicyclic) bond motifs is 9. The molecule has 3 heteroatoms. The highest BCUT2D eigenvalue weighted by Crippen LogP contribution is 2.62. The van der Waals surface area contributed by atoms with Crippen molar-refractivity contribution >= 4 is 38.6 Å². The number of hydrogen-bond acceptors (Lipinski definition) is 3. The SMILES string of the molecule is c1ccc(-c2cccc(C3(c4ccc(N(c5ccccc5)c5ccc6c(ccc7ccccc76)c5)cc4)c4ccccc4-c4c3ccc3c4Oc4ccccc4O3)c2)cc1. The van der Waals surface area contributed by atoms with Crippen LogP contribution in [0.2, 0.25) is 0 Å². The van der Waals surface area contributed by atoms with Crippen LogP contribution < -0.4 is 14.4 Å². The molecule has 1 heterocycles. The van der Waals surface area contributed by atoms with E-state index in [9.17, 15) is 0 Å². The lowest BCUT2D eigenvalue weighted by Crippen LogP contribution is -2.28. The fourth-order valence-electron chi connectivity index (χ4n) is 9.72. The lowest BCUT2D eigenvalue weighted by molar-refractivity contribution is 0.360. The highest BCUT2D eigenvalue weighted by Gasteiger charge is 2.48. The Morgan fingerprint density at radius 1 is 0.350 bits per heavy atom. The third-order valence-corrected chi connectivity index (χ3v) is 12.4. The first-order valence-electron chi connectivity index (χ1n) is 20.5. The van der Waals surface area contributed by atoms with Gasteiger partial charge < -0.3 is 14.4 Å². The quantitative estimate of drug-likeness (QED) is 0.157. The molecule has 60 heavy (non-hydrogen) atoms. The van der Waals surface area contributed by atoms with Gasteiger partial charge in [-0.05, 0) is 121 Å².